The molecular weight excluding hydrogens is 198 g/mol. The van der Waals surface area contributed by atoms with Gasteiger partial charge in [0, 0.05) is 36.2 Å². The van der Waals surface area contributed by atoms with Gasteiger partial charge >= 0.3 is 0 Å². The smallest absolute Gasteiger partial charge is 0.0393 e. The number of rotatable bonds is 5. The number of hydrogen-bond donors (Lipinski definition) is 1. The van der Waals surface area contributed by atoms with Crippen LogP contribution in [0.4, 0.5) is 5.69 Å². The maximum atomic E-state index is 4.19. The molecular formula is C13H21N3. The summed E-state index contributed by atoms with van der Waals surface area (Å²) in [5, 5.41) is 3.47. The van der Waals surface area contributed by atoms with E-state index in [1.165, 1.54) is 18.5 Å². The molecule has 88 valence electrons. The van der Waals surface area contributed by atoms with Crippen molar-refractivity contribution in [3.8, 4) is 0 Å². The summed E-state index contributed by atoms with van der Waals surface area (Å²) in [6, 6.07) is 5.53. The van der Waals surface area contributed by atoms with Gasteiger partial charge in [0.15, 0.2) is 0 Å². The Kier molecular flexibility index (Phi) is 3.44. The number of nitrogens with one attached hydrogen (secondary N) is 1. The Morgan fingerprint density at radius 1 is 1.56 bits per heavy atom. The minimum Gasteiger partial charge on any atom is -0.383 e. The first-order valence-electron chi connectivity index (χ1n) is 6.05. The number of aromatic nitrogens is 1. The highest BCUT2D eigenvalue weighted by Gasteiger charge is 2.28. The second-order valence-corrected chi connectivity index (χ2v) is 4.81. The second-order valence-electron chi connectivity index (χ2n) is 4.81. The minimum absolute atomic E-state index is 0.584. The van der Waals surface area contributed by atoms with E-state index < -0.39 is 0 Å². The molecule has 0 amide bonds. The maximum Gasteiger partial charge on any atom is 0.0393 e. The van der Waals surface area contributed by atoms with E-state index in [-0.39, 0.29) is 0 Å². The van der Waals surface area contributed by atoms with Crippen LogP contribution in [0.5, 0.6) is 0 Å². The fourth-order valence-corrected chi connectivity index (χ4v) is 1.91. The lowest BCUT2D eigenvalue weighted by Gasteiger charge is -2.25. The molecule has 1 heterocycles. The molecule has 1 fully saturated rings. The number of nitrogens with zero attached hydrogens (tertiary/aromatic N) is 2. The molecule has 3 nitrogen and oxygen atoms in total. The summed E-state index contributed by atoms with van der Waals surface area (Å²) in [5.74, 6) is 0. The zero-order chi connectivity index (χ0) is 11.5. The van der Waals surface area contributed by atoms with Crippen LogP contribution in [0.15, 0.2) is 18.3 Å². The second kappa shape index (κ2) is 4.83. The average molecular weight is 219 g/mol. The van der Waals surface area contributed by atoms with E-state index in [0.29, 0.717) is 6.04 Å². The Morgan fingerprint density at radius 2 is 2.31 bits per heavy atom. The van der Waals surface area contributed by atoms with Gasteiger partial charge in [-0.3, -0.25) is 9.88 Å². The maximum absolute atomic E-state index is 4.19. The van der Waals surface area contributed by atoms with Crippen LogP contribution in [0.2, 0.25) is 0 Å². The van der Waals surface area contributed by atoms with Crippen LogP contribution in [-0.2, 0) is 0 Å². The topological polar surface area (TPSA) is 28.2 Å². The standard InChI is InChI=1S/C13H21N3/c1-10-8-12(6-7-14-10)15-9-11(2)16(3)13-4-5-13/h6-8,11,13H,4-5,9H2,1-3H3,(H,14,15). The van der Waals surface area contributed by atoms with Gasteiger partial charge in [0.2, 0.25) is 0 Å². The van der Waals surface area contributed by atoms with E-state index in [0.717, 1.165) is 18.3 Å². The van der Waals surface area contributed by atoms with Gasteiger partial charge in [0.1, 0.15) is 0 Å². The van der Waals surface area contributed by atoms with Crippen molar-refractivity contribution in [1.82, 2.24) is 9.88 Å². The predicted octanol–water partition coefficient (Wildman–Crippen LogP) is 2.28. The van der Waals surface area contributed by atoms with Crippen LogP contribution in [-0.4, -0.2) is 35.6 Å². The molecule has 1 atom stereocenters. The summed E-state index contributed by atoms with van der Waals surface area (Å²) < 4.78 is 0. The summed E-state index contributed by atoms with van der Waals surface area (Å²) in [5.41, 5.74) is 2.23. The van der Waals surface area contributed by atoms with Gasteiger partial charge in [-0.05, 0) is 45.9 Å². The van der Waals surface area contributed by atoms with Gasteiger partial charge in [0.05, 0.1) is 0 Å². The predicted molar refractivity (Wildman–Crippen MR) is 67.7 cm³/mol. The lowest BCUT2D eigenvalue weighted by atomic mass is 10.2. The van der Waals surface area contributed by atoms with E-state index in [2.05, 4.69) is 35.2 Å². The van der Waals surface area contributed by atoms with Crippen LogP contribution in [0, 0.1) is 6.92 Å². The quantitative estimate of drug-likeness (QED) is 0.823. The molecule has 2 rings (SSSR count). The Hall–Kier alpha value is -1.09. The molecule has 0 spiro atoms. The molecule has 0 saturated heterocycles. The van der Waals surface area contributed by atoms with Crippen molar-refractivity contribution < 1.29 is 0 Å². The third-order valence-corrected chi connectivity index (χ3v) is 3.32. The van der Waals surface area contributed by atoms with Crippen molar-refractivity contribution in [2.24, 2.45) is 0 Å². The monoisotopic (exact) mass is 219 g/mol. The Labute approximate surface area is 97.9 Å². The lowest BCUT2D eigenvalue weighted by Crippen LogP contribution is -2.36. The molecule has 0 radical (unpaired) electrons. The molecule has 1 N–H and O–H groups in total. The minimum atomic E-state index is 0.584. The Morgan fingerprint density at radius 3 is 2.94 bits per heavy atom. The van der Waals surface area contributed by atoms with Crippen molar-refractivity contribution in [1.29, 1.82) is 0 Å². The van der Waals surface area contributed by atoms with Crippen molar-refractivity contribution in [3.05, 3.63) is 24.0 Å². The van der Waals surface area contributed by atoms with E-state index in [9.17, 15) is 0 Å². The molecule has 0 aliphatic heterocycles. The Balaban J connectivity index is 1.82. The summed E-state index contributed by atoms with van der Waals surface area (Å²) in [7, 11) is 2.22. The van der Waals surface area contributed by atoms with Gasteiger partial charge in [-0.15, -0.1) is 0 Å². The van der Waals surface area contributed by atoms with Gasteiger partial charge < -0.3 is 5.32 Å². The van der Waals surface area contributed by atoms with Crippen LogP contribution in [0.3, 0.4) is 0 Å². The molecule has 1 aliphatic carbocycles. The number of anilines is 1. The zero-order valence-electron chi connectivity index (χ0n) is 10.4. The van der Waals surface area contributed by atoms with Crippen LogP contribution >= 0.6 is 0 Å². The van der Waals surface area contributed by atoms with E-state index >= 15 is 0 Å². The van der Waals surface area contributed by atoms with E-state index in [1.54, 1.807) is 0 Å². The lowest BCUT2D eigenvalue weighted by molar-refractivity contribution is 0.257. The zero-order valence-corrected chi connectivity index (χ0v) is 10.4. The third kappa shape index (κ3) is 2.95. The number of pyridine rings is 1. The fourth-order valence-electron chi connectivity index (χ4n) is 1.91. The van der Waals surface area contributed by atoms with Gasteiger partial charge in [0.25, 0.3) is 0 Å². The molecule has 0 bridgehead atoms. The normalized spacial score (nSPS) is 17.5. The van der Waals surface area contributed by atoms with Crippen molar-refractivity contribution in [2.75, 3.05) is 18.9 Å². The molecule has 1 unspecified atom stereocenters. The SMILES string of the molecule is Cc1cc(NCC(C)N(C)C2CC2)ccn1. The van der Waals surface area contributed by atoms with Crippen LogP contribution in [0.25, 0.3) is 0 Å². The van der Waals surface area contributed by atoms with Crippen molar-refractivity contribution in [2.45, 2.75) is 38.8 Å². The number of aryl methyl sites for hydroxylation is 1. The van der Waals surface area contributed by atoms with Crippen molar-refractivity contribution >= 4 is 5.69 Å². The molecule has 0 aromatic carbocycles. The Bertz CT molecular complexity index is 347. The molecule has 3 heteroatoms. The largest absolute Gasteiger partial charge is 0.383 e. The van der Waals surface area contributed by atoms with Crippen molar-refractivity contribution in [3.63, 3.8) is 0 Å². The highest BCUT2D eigenvalue weighted by Crippen LogP contribution is 2.26. The summed E-state index contributed by atoms with van der Waals surface area (Å²) in [6.45, 7) is 5.29. The average Bonchev–Trinajstić information content (AvgIpc) is 3.09. The van der Waals surface area contributed by atoms with Crippen LogP contribution in [0.1, 0.15) is 25.5 Å². The van der Waals surface area contributed by atoms with Crippen LogP contribution < -0.4 is 5.32 Å². The molecule has 1 aliphatic rings. The molecule has 1 aromatic rings. The fraction of sp³-hybridized carbons (Fsp3) is 0.615. The van der Waals surface area contributed by atoms with E-state index in [4.69, 9.17) is 0 Å². The molecule has 1 saturated carbocycles. The first-order valence-corrected chi connectivity index (χ1v) is 6.05. The summed E-state index contributed by atoms with van der Waals surface area (Å²) in [4.78, 5) is 6.66. The van der Waals surface area contributed by atoms with Gasteiger partial charge in [-0.25, -0.2) is 0 Å². The number of likely N-dealkylation sites (N-methyl/N-ethyl adjacent to an activating group) is 1. The van der Waals surface area contributed by atoms with Gasteiger partial charge in [-0.2, -0.15) is 0 Å². The summed E-state index contributed by atoms with van der Waals surface area (Å²) >= 11 is 0. The van der Waals surface area contributed by atoms with E-state index in [1.807, 2.05) is 19.2 Å². The van der Waals surface area contributed by atoms with Gasteiger partial charge in [-0.1, -0.05) is 0 Å². The highest BCUT2D eigenvalue weighted by molar-refractivity contribution is 5.42. The molecule has 16 heavy (non-hydrogen) atoms. The molecule has 1 aromatic heterocycles. The first kappa shape index (κ1) is 11.4. The first-order chi connectivity index (χ1) is 7.66. The number of hydrogen-bond acceptors (Lipinski definition) is 3. The summed E-state index contributed by atoms with van der Waals surface area (Å²) in [6.07, 6.45) is 4.59. The third-order valence-electron chi connectivity index (χ3n) is 3.32. The highest BCUT2D eigenvalue weighted by atomic mass is 15.2.